The molecule has 0 aliphatic carbocycles. The minimum Gasteiger partial charge on any atom is -0.477 e. The average molecular weight is 234 g/mol. The van der Waals surface area contributed by atoms with Gasteiger partial charge < -0.3 is 9.67 Å². The Morgan fingerprint density at radius 2 is 2.12 bits per heavy atom. The van der Waals surface area contributed by atoms with Crippen LogP contribution in [-0.2, 0) is 7.05 Å². The maximum atomic E-state index is 11.0. The highest BCUT2D eigenvalue weighted by molar-refractivity contribution is 5.96. The number of aromatic carboxylic acids is 1. The number of hydrogen-bond acceptors (Lipinski definition) is 3. The molecule has 0 amide bonds. The first-order chi connectivity index (χ1) is 7.93. The van der Waals surface area contributed by atoms with E-state index in [4.69, 9.17) is 5.11 Å². The van der Waals surface area contributed by atoms with E-state index in [1.807, 2.05) is 0 Å². The maximum absolute atomic E-state index is 11.0. The number of nitrogens with zero attached hydrogens (tertiary/aromatic N) is 2. The molecule has 0 spiro atoms. The molecule has 1 aromatic carbocycles. The van der Waals surface area contributed by atoms with E-state index < -0.39 is 10.9 Å². The summed E-state index contributed by atoms with van der Waals surface area (Å²) in [6.07, 6.45) is 0. The van der Waals surface area contributed by atoms with Crippen molar-refractivity contribution in [1.29, 1.82) is 0 Å². The molecule has 2 aromatic rings. The van der Waals surface area contributed by atoms with Crippen LogP contribution in [0.3, 0.4) is 0 Å². The van der Waals surface area contributed by atoms with E-state index in [1.54, 1.807) is 20.0 Å². The van der Waals surface area contributed by atoms with Crippen molar-refractivity contribution in [3.8, 4) is 0 Å². The van der Waals surface area contributed by atoms with Gasteiger partial charge >= 0.3 is 5.97 Å². The molecule has 0 saturated heterocycles. The van der Waals surface area contributed by atoms with Crippen LogP contribution in [0.4, 0.5) is 5.69 Å². The number of carboxylic acid groups (broad SMARTS) is 1. The van der Waals surface area contributed by atoms with Crippen molar-refractivity contribution in [1.82, 2.24) is 4.57 Å². The third-order valence-electron chi connectivity index (χ3n) is 2.84. The predicted molar refractivity (Wildman–Crippen MR) is 61.3 cm³/mol. The van der Waals surface area contributed by atoms with Crippen LogP contribution in [0.1, 0.15) is 16.1 Å². The lowest BCUT2D eigenvalue weighted by atomic mass is 10.1. The molecule has 0 atom stereocenters. The molecule has 0 fully saturated rings. The quantitative estimate of drug-likeness (QED) is 0.636. The van der Waals surface area contributed by atoms with E-state index in [9.17, 15) is 14.9 Å². The zero-order chi connectivity index (χ0) is 12.7. The number of carbonyl (C=O) groups is 1. The standard InChI is InChI=1S/C11H10N2O4/c1-6-8(13(16)17)4-3-7-5-9(11(14)15)12(2)10(6)7/h3-5H,1-2H3,(H,14,15). The Labute approximate surface area is 96.2 Å². The Balaban J connectivity index is 2.86. The number of benzene rings is 1. The number of nitro groups is 1. The van der Waals surface area contributed by atoms with Crippen molar-refractivity contribution in [3.05, 3.63) is 39.6 Å². The van der Waals surface area contributed by atoms with E-state index in [-0.39, 0.29) is 11.4 Å². The number of aryl methyl sites for hydroxylation is 2. The summed E-state index contributed by atoms with van der Waals surface area (Å²) in [6.45, 7) is 1.62. The van der Waals surface area contributed by atoms with Gasteiger partial charge in [0.1, 0.15) is 5.69 Å². The van der Waals surface area contributed by atoms with E-state index in [0.29, 0.717) is 16.5 Å². The van der Waals surface area contributed by atoms with E-state index >= 15 is 0 Å². The molecule has 2 rings (SSSR count). The zero-order valence-electron chi connectivity index (χ0n) is 9.30. The molecule has 0 aliphatic rings. The number of rotatable bonds is 2. The van der Waals surface area contributed by atoms with Crippen LogP contribution < -0.4 is 0 Å². The molecule has 88 valence electrons. The minimum absolute atomic E-state index is 0.00404. The average Bonchev–Trinajstić information content (AvgIpc) is 2.56. The number of carboxylic acids is 1. The lowest BCUT2D eigenvalue weighted by molar-refractivity contribution is -0.385. The second kappa shape index (κ2) is 3.58. The van der Waals surface area contributed by atoms with Crippen LogP contribution in [-0.4, -0.2) is 20.6 Å². The van der Waals surface area contributed by atoms with Crippen molar-refractivity contribution in [2.75, 3.05) is 0 Å². The fourth-order valence-electron chi connectivity index (χ4n) is 2.04. The summed E-state index contributed by atoms with van der Waals surface area (Å²) in [5.74, 6) is -1.05. The predicted octanol–water partition coefficient (Wildman–Crippen LogP) is 2.09. The first-order valence-corrected chi connectivity index (χ1v) is 4.90. The van der Waals surface area contributed by atoms with Gasteiger partial charge in [-0.3, -0.25) is 10.1 Å². The Hall–Kier alpha value is -2.37. The van der Waals surface area contributed by atoms with Crippen LogP contribution in [0.2, 0.25) is 0 Å². The van der Waals surface area contributed by atoms with Gasteiger partial charge in [-0.2, -0.15) is 0 Å². The van der Waals surface area contributed by atoms with Gasteiger partial charge in [-0.15, -0.1) is 0 Å². The number of fused-ring (bicyclic) bond motifs is 1. The van der Waals surface area contributed by atoms with Crippen molar-refractivity contribution >= 4 is 22.6 Å². The highest BCUT2D eigenvalue weighted by atomic mass is 16.6. The Bertz CT molecular complexity index is 630. The first kappa shape index (κ1) is 11.1. The molecule has 17 heavy (non-hydrogen) atoms. The summed E-state index contributed by atoms with van der Waals surface area (Å²) in [5.41, 5.74) is 1.17. The van der Waals surface area contributed by atoms with Crippen molar-refractivity contribution in [2.45, 2.75) is 6.92 Å². The fraction of sp³-hybridized carbons (Fsp3) is 0.182. The monoisotopic (exact) mass is 234 g/mol. The lowest BCUT2D eigenvalue weighted by Crippen LogP contribution is -2.04. The summed E-state index contributed by atoms with van der Waals surface area (Å²) in [5, 5.41) is 20.5. The summed E-state index contributed by atoms with van der Waals surface area (Å²) >= 11 is 0. The van der Waals surface area contributed by atoms with Gasteiger partial charge in [0, 0.05) is 18.5 Å². The van der Waals surface area contributed by atoms with Gasteiger partial charge in [-0.05, 0) is 19.1 Å². The van der Waals surface area contributed by atoms with Gasteiger partial charge in [-0.1, -0.05) is 0 Å². The topological polar surface area (TPSA) is 85.4 Å². The van der Waals surface area contributed by atoms with Crippen molar-refractivity contribution in [2.24, 2.45) is 7.05 Å². The third-order valence-corrected chi connectivity index (χ3v) is 2.84. The van der Waals surface area contributed by atoms with Crippen molar-refractivity contribution < 1.29 is 14.8 Å². The Kier molecular flexibility index (Phi) is 2.35. The summed E-state index contributed by atoms with van der Waals surface area (Å²) in [6, 6.07) is 4.46. The number of hydrogen-bond donors (Lipinski definition) is 1. The zero-order valence-corrected chi connectivity index (χ0v) is 9.30. The normalized spacial score (nSPS) is 10.7. The highest BCUT2D eigenvalue weighted by Gasteiger charge is 2.19. The van der Waals surface area contributed by atoms with E-state index in [0.717, 1.165) is 0 Å². The van der Waals surface area contributed by atoms with Gasteiger partial charge in [0.15, 0.2) is 0 Å². The molecular weight excluding hydrogens is 224 g/mol. The molecule has 1 heterocycles. The molecule has 0 unspecified atom stereocenters. The van der Waals surface area contributed by atoms with Crippen LogP contribution in [0, 0.1) is 17.0 Å². The van der Waals surface area contributed by atoms with Gasteiger partial charge in [0.2, 0.25) is 0 Å². The van der Waals surface area contributed by atoms with Crippen LogP contribution in [0.25, 0.3) is 10.9 Å². The molecule has 1 N–H and O–H groups in total. The molecule has 0 bridgehead atoms. The maximum Gasteiger partial charge on any atom is 0.352 e. The second-order valence-electron chi connectivity index (χ2n) is 3.80. The second-order valence-corrected chi connectivity index (χ2v) is 3.80. The summed E-state index contributed by atoms with van der Waals surface area (Å²) in [7, 11) is 1.59. The number of aromatic nitrogens is 1. The SMILES string of the molecule is Cc1c([N+](=O)[O-])ccc2cc(C(=O)O)n(C)c12. The number of nitro benzene ring substituents is 1. The van der Waals surface area contributed by atoms with Gasteiger partial charge in [0.05, 0.1) is 16.0 Å². The first-order valence-electron chi connectivity index (χ1n) is 4.90. The third kappa shape index (κ3) is 1.54. The smallest absolute Gasteiger partial charge is 0.352 e. The lowest BCUT2D eigenvalue weighted by Gasteiger charge is -2.03. The fourth-order valence-corrected chi connectivity index (χ4v) is 2.04. The van der Waals surface area contributed by atoms with Gasteiger partial charge in [-0.25, -0.2) is 4.79 Å². The molecule has 0 aliphatic heterocycles. The molecule has 0 saturated carbocycles. The summed E-state index contributed by atoms with van der Waals surface area (Å²) < 4.78 is 1.46. The van der Waals surface area contributed by atoms with E-state index in [1.165, 1.54) is 16.7 Å². The van der Waals surface area contributed by atoms with Gasteiger partial charge in [0.25, 0.3) is 5.69 Å². The highest BCUT2D eigenvalue weighted by Crippen LogP contribution is 2.29. The Morgan fingerprint density at radius 1 is 1.47 bits per heavy atom. The summed E-state index contributed by atoms with van der Waals surface area (Å²) in [4.78, 5) is 21.3. The van der Waals surface area contributed by atoms with E-state index in [2.05, 4.69) is 0 Å². The van der Waals surface area contributed by atoms with Crippen LogP contribution in [0.15, 0.2) is 18.2 Å². The molecular formula is C11H10N2O4. The minimum atomic E-state index is -1.05. The molecule has 0 radical (unpaired) electrons. The molecule has 6 nitrogen and oxygen atoms in total. The van der Waals surface area contributed by atoms with Crippen LogP contribution in [0.5, 0.6) is 0 Å². The molecule has 1 aromatic heterocycles. The van der Waals surface area contributed by atoms with Crippen LogP contribution >= 0.6 is 0 Å². The molecule has 6 heteroatoms. The Morgan fingerprint density at radius 3 is 2.65 bits per heavy atom. The largest absolute Gasteiger partial charge is 0.477 e. The van der Waals surface area contributed by atoms with Crippen molar-refractivity contribution in [3.63, 3.8) is 0 Å².